The second-order valence-electron chi connectivity index (χ2n) is 3.55. The number of halogens is 2. The molecule has 19 heavy (non-hydrogen) atoms. The number of nitrogens with zero attached hydrogens (tertiary/aromatic N) is 1. The smallest absolute Gasteiger partial charge is 0.364 e. The molecule has 0 aliphatic rings. The van der Waals surface area contributed by atoms with Gasteiger partial charge in [0.1, 0.15) is 11.6 Å². The quantitative estimate of drug-likeness (QED) is 0.587. The van der Waals surface area contributed by atoms with E-state index < -0.39 is 49.9 Å². The molecule has 2 aromatic rings. The Morgan fingerprint density at radius 2 is 1.89 bits per heavy atom. The number of nitro groups is 1. The summed E-state index contributed by atoms with van der Waals surface area (Å²) in [6.45, 7) is 0. The van der Waals surface area contributed by atoms with Crippen molar-refractivity contribution in [3.8, 4) is 5.75 Å². The van der Waals surface area contributed by atoms with Crippen molar-refractivity contribution < 1.29 is 18.8 Å². The second kappa shape index (κ2) is 4.12. The minimum atomic E-state index is -1.52. The van der Waals surface area contributed by atoms with Crippen molar-refractivity contribution in [1.82, 2.24) is 4.98 Å². The standard InChI is InChI=1S/C10H4F2N2O5/c11-3-1-4(12)6-5(2-3)13-10(17)9(16)7(8(6)15)14(18)19/h1-2,16H,(H,13,17). The molecule has 0 aliphatic heterocycles. The zero-order chi connectivity index (χ0) is 14.3. The van der Waals surface area contributed by atoms with Crippen LogP contribution in [-0.2, 0) is 0 Å². The zero-order valence-corrected chi connectivity index (χ0v) is 8.94. The molecule has 2 N–H and O–H groups in total. The average molecular weight is 270 g/mol. The normalized spacial score (nSPS) is 10.6. The SMILES string of the molecule is O=c1[nH]c2cc(F)cc(F)c2c(=O)c([N+](=O)[O-])c1O. The van der Waals surface area contributed by atoms with E-state index in [9.17, 15) is 33.6 Å². The lowest BCUT2D eigenvalue weighted by molar-refractivity contribution is -0.386. The Bertz CT molecular complexity index is 831. The van der Waals surface area contributed by atoms with Crippen molar-refractivity contribution >= 4 is 16.6 Å². The minimum Gasteiger partial charge on any atom is -0.498 e. The molecule has 0 saturated heterocycles. The predicted molar refractivity (Wildman–Crippen MR) is 59.1 cm³/mol. The predicted octanol–water partition coefficient (Wildman–Crippen LogP) is 0.780. The summed E-state index contributed by atoms with van der Waals surface area (Å²) in [6.07, 6.45) is 0. The summed E-state index contributed by atoms with van der Waals surface area (Å²) in [5.41, 5.74) is -4.98. The Morgan fingerprint density at radius 3 is 2.47 bits per heavy atom. The van der Waals surface area contributed by atoms with Crippen molar-refractivity contribution in [3.05, 3.63) is 54.5 Å². The van der Waals surface area contributed by atoms with Gasteiger partial charge in [0.15, 0.2) is 0 Å². The summed E-state index contributed by atoms with van der Waals surface area (Å²) in [7, 11) is 0. The fourth-order valence-corrected chi connectivity index (χ4v) is 1.59. The van der Waals surface area contributed by atoms with E-state index in [-0.39, 0.29) is 0 Å². The number of H-pyrrole nitrogens is 1. The fourth-order valence-electron chi connectivity index (χ4n) is 1.59. The number of benzene rings is 1. The number of rotatable bonds is 1. The molecule has 0 amide bonds. The summed E-state index contributed by atoms with van der Waals surface area (Å²) >= 11 is 0. The van der Waals surface area contributed by atoms with E-state index in [4.69, 9.17) is 0 Å². The van der Waals surface area contributed by atoms with Crippen molar-refractivity contribution in [2.24, 2.45) is 0 Å². The van der Waals surface area contributed by atoms with Crippen LogP contribution in [0.5, 0.6) is 5.75 Å². The molecule has 1 heterocycles. The highest BCUT2D eigenvalue weighted by atomic mass is 19.1. The number of aromatic nitrogens is 1. The number of aromatic hydroxyl groups is 1. The molecule has 0 unspecified atom stereocenters. The van der Waals surface area contributed by atoms with Gasteiger partial charge in [-0.3, -0.25) is 19.7 Å². The highest BCUT2D eigenvalue weighted by Crippen LogP contribution is 2.20. The summed E-state index contributed by atoms with van der Waals surface area (Å²) in [4.78, 5) is 34.2. The van der Waals surface area contributed by atoms with Gasteiger partial charge in [-0.25, -0.2) is 8.78 Å². The molecule has 0 aliphatic carbocycles. The third-order valence-corrected chi connectivity index (χ3v) is 2.37. The Labute approximate surface area is 101 Å². The van der Waals surface area contributed by atoms with E-state index >= 15 is 0 Å². The molecule has 2 rings (SSSR count). The first kappa shape index (κ1) is 12.6. The molecule has 1 aromatic heterocycles. The van der Waals surface area contributed by atoms with E-state index in [0.717, 1.165) is 0 Å². The number of nitrogens with one attached hydrogen (secondary N) is 1. The molecule has 0 spiro atoms. The number of aromatic amines is 1. The molecular weight excluding hydrogens is 266 g/mol. The van der Waals surface area contributed by atoms with Crippen LogP contribution in [0.1, 0.15) is 0 Å². The first-order valence-corrected chi connectivity index (χ1v) is 4.75. The first-order chi connectivity index (χ1) is 8.82. The van der Waals surface area contributed by atoms with Crippen LogP contribution in [0.25, 0.3) is 10.9 Å². The van der Waals surface area contributed by atoms with E-state index in [1.54, 1.807) is 0 Å². The van der Waals surface area contributed by atoms with Crippen LogP contribution in [0.4, 0.5) is 14.5 Å². The molecule has 0 fully saturated rings. The molecule has 9 heteroatoms. The van der Waals surface area contributed by atoms with Crippen LogP contribution >= 0.6 is 0 Å². The van der Waals surface area contributed by atoms with Crippen molar-refractivity contribution in [2.45, 2.75) is 0 Å². The Balaban J connectivity index is 3.24. The van der Waals surface area contributed by atoms with Gasteiger partial charge in [-0.15, -0.1) is 0 Å². The van der Waals surface area contributed by atoms with E-state index in [1.165, 1.54) is 0 Å². The van der Waals surface area contributed by atoms with Gasteiger partial charge < -0.3 is 10.1 Å². The summed E-state index contributed by atoms with van der Waals surface area (Å²) in [5.74, 6) is -3.94. The van der Waals surface area contributed by atoms with Gasteiger partial charge in [-0.2, -0.15) is 0 Å². The lowest BCUT2D eigenvalue weighted by atomic mass is 10.2. The topological polar surface area (TPSA) is 113 Å². The molecular formula is C10H4F2N2O5. The number of hydrogen-bond donors (Lipinski definition) is 2. The average Bonchev–Trinajstić information content (AvgIpc) is 2.34. The van der Waals surface area contributed by atoms with Crippen LogP contribution in [0.15, 0.2) is 21.7 Å². The van der Waals surface area contributed by atoms with Crippen LogP contribution in [0, 0.1) is 21.7 Å². The van der Waals surface area contributed by atoms with Gasteiger partial charge >= 0.3 is 5.69 Å². The Kier molecular flexibility index (Phi) is 2.74. The third kappa shape index (κ3) is 1.90. The lowest BCUT2D eigenvalue weighted by Crippen LogP contribution is -2.09. The zero-order valence-electron chi connectivity index (χ0n) is 8.94. The summed E-state index contributed by atoms with van der Waals surface area (Å²) in [5, 5.41) is 19.0. The first-order valence-electron chi connectivity index (χ1n) is 4.75. The maximum absolute atomic E-state index is 13.5. The second-order valence-corrected chi connectivity index (χ2v) is 3.55. The lowest BCUT2D eigenvalue weighted by Gasteiger charge is -1.94. The van der Waals surface area contributed by atoms with Gasteiger partial charge in [0.05, 0.1) is 15.8 Å². The van der Waals surface area contributed by atoms with Gasteiger partial charge in [-0.05, 0) is 6.07 Å². The molecule has 0 bridgehead atoms. The fraction of sp³-hybridized carbons (Fsp3) is 0. The third-order valence-electron chi connectivity index (χ3n) is 2.37. The summed E-state index contributed by atoms with van der Waals surface area (Å²) < 4.78 is 26.5. The van der Waals surface area contributed by atoms with Crippen LogP contribution in [0.2, 0.25) is 0 Å². The van der Waals surface area contributed by atoms with Crippen LogP contribution in [-0.4, -0.2) is 15.0 Å². The highest BCUT2D eigenvalue weighted by Gasteiger charge is 2.24. The number of fused-ring (bicyclic) bond motifs is 1. The van der Waals surface area contributed by atoms with Crippen molar-refractivity contribution in [2.75, 3.05) is 0 Å². The van der Waals surface area contributed by atoms with Gasteiger partial charge in [0.2, 0.25) is 0 Å². The highest BCUT2D eigenvalue weighted by molar-refractivity contribution is 5.81. The van der Waals surface area contributed by atoms with Crippen molar-refractivity contribution in [3.63, 3.8) is 0 Å². The van der Waals surface area contributed by atoms with E-state index in [2.05, 4.69) is 0 Å². The van der Waals surface area contributed by atoms with Crippen molar-refractivity contribution in [1.29, 1.82) is 0 Å². The molecule has 98 valence electrons. The maximum atomic E-state index is 13.5. The van der Waals surface area contributed by atoms with E-state index in [0.29, 0.717) is 12.1 Å². The molecule has 7 nitrogen and oxygen atoms in total. The largest absolute Gasteiger partial charge is 0.498 e. The summed E-state index contributed by atoms with van der Waals surface area (Å²) in [6, 6.07) is 0.952. The van der Waals surface area contributed by atoms with E-state index in [1.807, 2.05) is 4.98 Å². The molecule has 0 saturated carbocycles. The minimum absolute atomic E-state index is 0.336. The molecule has 1 aromatic carbocycles. The Morgan fingerprint density at radius 1 is 1.26 bits per heavy atom. The van der Waals surface area contributed by atoms with Gasteiger partial charge in [-0.1, -0.05) is 0 Å². The monoisotopic (exact) mass is 270 g/mol. The van der Waals surface area contributed by atoms with Gasteiger partial charge in [0.25, 0.3) is 16.7 Å². The number of hydrogen-bond acceptors (Lipinski definition) is 5. The molecule has 0 radical (unpaired) electrons. The Hall–Kier alpha value is -2.84. The van der Waals surface area contributed by atoms with Gasteiger partial charge in [0, 0.05) is 6.07 Å². The maximum Gasteiger partial charge on any atom is 0.364 e. The molecule has 0 atom stereocenters. The van der Waals surface area contributed by atoms with Crippen LogP contribution < -0.4 is 11.0 Å². The van der Waals surface area contributed by atoms with Crippen LogP contribution in [0.3, 0.4) is 0 Å².